The Hall–Kier alpha value is -3.18. The Morgan fingerprint density at radius 2 is 1.62 bits per heavy atom. The van der Waals surface area contributed by atoms with E-state index in [1.807, 2.05) is 48.7 Å². The van der Waals surface area contributed by atoms with Crippen molar-refractivity contribution >= 4 is 26.5 Å². The number of fused-ring (bicyclic) bond motifs is 2. The number of hydrogen-bond donors (Lipinski definition) is 0. The van der Waals surface area contributed by atoms with Gasteiger partial charge in [-0.3, -0.25) is 9.29 Å². The second-order valence-corrected chi connectivity index (χ2v) is 10.8. The molecule has 1 aromatic heterocycles. The molecular weight excluding hydrogens is 416 g/mol. The van der Waals surface area contributed by atoms with E-state index in [2.05, 4.69) is 43.3 Å². The number of sulfonamides is 1. The largest absolute Gasteiger partial charge is 0.270 e. The highest BCUT2D eigenvalue weighted by Gasteiger charge is 2.38. The van der Waals surface area contributed by atoms with Gasteiger partial charge in [0.15, 0.2) is 0 Å². The van der Waals surface area contributed by atoms with Crippen molar-refractivity contribution in [1.82, 2.24) is 4.98 Å². The lowest BCUT2D eigenvalue weighted by molar-refractivity contribution is 0.423. The average Bonchev–Trinajstić information content (AvgIpc) is 2.79. The molecule has 1 atom stereocenters. The van der Waals surface area contributed by atoms with E-state index in [0.29, 0.717) is 6.54 Å². The van der Waals surface area contributed by atoms with Crippen molar-refractivity contribution in [2.75, 3.05) is 17.1 Å². The summed E-state index contributed by atoms with van der Waals surface area (Å²) >= 11 is 0. The molecule has 3 aromatic carbocycles. The van der Waals surface area contributed by atoms with Gasteiger partial charge in [-0.05, 0) is 35.4 Å². The van der Waals surface area contributed by atoms with Crippen molar-refractivity contribution in [2.45, 2.75) is 25.2 Å². The third-order valence-electron chi connectivity index (χ3n) is 6.61. The van der Waals surface area contributed by atoms with Crippen molar-refractivity contribution in [1.29, 1.82) is 0 Å². The van der Waals surface area contributed by atoms with Crippen LogP contribution in [-0.4, -0.2) is 26.2 Å². The van der Waals surface area contributed by atoms with Crippen LogP contribution in [0.4, 0.5) is 5.69 Å². The van der Waals surface area contributed by atoms with Gasteiger partial charge in [-0.25, -0.2) is 8.42 Å². The average molecular weight is 443 g/mol. The van der Waals surface area contributed by atoms with Crippen LogP contribution in [0, 0.1) is 0 Å². The van der Waals surface area contributed by atoms with Gasteiger partial charge in [-0.2, -0.15) is 0 Å². The van der Waals surface area contributed by atoms with Crippen molar-refractivity contribution in [3.8, 4) is 11.3 Å². The van der Waals surface area contributed by atoms with E-state index < -0.39 is 10.0 Å². The van der Waals surface area contributed by atoms with Gasteiger partial charge in [0.2, 0.25) is 10.0 Å². The van der Waals surface area contributed by atoms with E-state index in [1.54, 1.807) is 4.31 Å². The van der Waals surface area contributed by atoms with E-state index in [4.69, 9.17) is 4.98 Å². The summed E-state index contributed by atoms with van der Waals surface area (Å²) in [6.07, 6.45) is 4.76. The van der Waals surface area contributed by atoms with Crippen LogP contribution in [0.5, 0.6) is 0 Å². The molecule has 0 spiro atoms. The molecule has 0 saturated heterocycles. The third-order valence-corrected chi connectivity index (χ3v) is 7.79. The monoisotopic (exact) mass is 442 g/mol. The molecule has 0 radical (unpaired) electrons. The van der Waals surface area contributed by atoms with Gasteiger partial charge in [0.1, 0.15) is 0 Å². The fraction of sp³-hybridized carbons (Fsp3) is 0.222. The molecule has 0 amide bonds. The topological polar surface area (TPSA) is 50.3 Å². The first-order valence-electron chi connectivity index (χ1n) is 10.9. The molecule has 0 N–H and O–H groups in total. The first kappa shape index (κ1) is 20.7. The summed E-state index contributed by atoms with van der Waals surface area (Å²) in [4.78, 5) is 4.88. The summed E-state index contributed by atoms with van der Waals surface area (Å²) in [7, 11) is -3.33. The summed E-state index contributed by atoms with van der Waals surface area (Å²) in [5, 5.41) is 2.32. The number of anilines is 1. The first-order valence-corrected chi connectivity index (χ1v) is 12.7. The summed E-state index contributed by atoms with van der Waals surface area (Å²) < 4.78 is 26.4. The zero-order valence-corrected chi connectivity index (χ0v) is 19.1. The molecule has 4 nitrogen and oxygen atoms in total. The predicted octanol–water partition coefficient (Wildman–Crippen LogP) is 5.57. The molecular formula is C27H26N2O2S. The molecule has 0 fully saturated rings. The number of benzene rings is 3. The molecule has 1 unspecified atom stereocenters. The highest BCUT2D eigenvalue weighted by Crippen LogP contribution is 2.44. The van der Waals surface area contributed by atoms with Crippen LogP contribution in [0.3, 0.4) is 0 Å². The lowest BCUT2D eigenvalue weighted by Crippen LogP contribution is -2.42. The van der Waals surface area contributed by atoms with Crippen molar-refractivity contribution in [3.63, 3.8) is 0 Å². The zero-order chi connectivity index (χ0) is 22.3. The highest BCUT2D eigenvalue weighted by molar-refractivity contribution is 7.92. The number of nitrogens with zero attached hydrogens (tertiary/aromatic N) is 2. The Morgan fingerprint density at radius 1 is 0.938 bits per heavy atom. The molecule has 2 heterocycles. The minimum absolute atomic E-state index is 0.215. The molecule has 1 aliphatic rings. The Labute approximate surface area is 189 Å². The molecule has 4 aromatic rings. The van der Waals surface area contributed by atoms with Gasteiger partial charge in [0.05, 0.1) is 17.6 Å². The Morgan fingerprint density at radius 3 is 2.41 bits per heavy atom. The second-order valence-electron chi connectivity index (χ2n) is 8.88. The maximum absolute atomic E-state index is 12.4. The number of pyridine rings is 1. The van der Waals surface area contributed by atoms with Crippen LogP contribution in [0.2, 0.25) is 0 Å². The van der Waals surface area contributed by atoms with Crippen LogP contribution in [0.1, 0.15) is 24.5 Å². The van der Waals surface area contributed by atoms with E-state index in [1.165, 1.54) is 17.2 Å². The van der Waals surface area contributed by atoms with Gasteiger partial charge in [0, 0.05) is 29.1 Å². The minimum Gasteiger partial charge on any atom is -0.270 e. The summed E-state index contributed by atoms with van der Waals surface area (Å²) in [5.74, 6) is 0. The maximum Gasteiger partial charge on any atom is 0.232 e. The molecule has 162 valence electrons. The SMILES string of the molecule is CC1(Cc2c(-c3ccccc3)ncc3ccccc23)CCN(S(C)(=O)=O)c2ccccc21. The molecule has 32 heavy (non-hydrogen) atoms. The number of para-hydroxylation sites is 1. The van der Waals surface area contributed by atoms with Crippen LogP contribution < -0.4 is 4.31 Å². The normalized spacial score (nSPS) is 18.5. The predicted molar refractivity (Wildman–Crippen MR) is 131 cm³/mol. The van der Waals surface area contributed by atoms with Gasteiger partial charge in [-0.15, -0.1) is 0 Å². The number of aromatic nitrogens is 1. The fourth-order valence-corrected chi connectivity index (χ4v) is 5.91. The molecule has 0 bridgehead atoms. The summed E-state index contributed by atoms with van der Waals surface area (Å²) in [6.45, 7) is 2.73. The first-order chi connectivity index (χ1) is 15.4. The van der Waals surface area contributed by atoms with Gasteiger partial charge in [0.25, 0.3) is 0 Å². The molecule has 5 heteroatoms. The smallest absolute Gasteiger partial charge is 0.232 e. The highest BCUT2D eigenvalue weighted by atomic mass is 32.2. The van der Waals surface area contributed by atoms with Crippen molar-refractivity contribution < 1.29 is 8.42 Å². The van der Waals surface area contributed by atoms with Crippen LogP contribution in [0.15, 0.2) is 85.1 Å². The number of rotatable bonds is 4. The standard InChI is InChI=1S/C27H26N2O2S/c1-27(16-17-29(32(2,30)31)25-15-9-8-14-24(25)27)18-23-22-13-7-6-12-21(22)19-28-26(23)20-10-4-3-5-11-20/h3-15,19H,16-18H2,1-2H3. The van der Waals surface area contributed by atoms with E-state index in [9.17, 15) is 8.42 Å². The van der Waals surface area contributed by atoms with E-state index >= 15 is 0 Å². The molecule has 1 aliphatic heterocycles. The summed E-state index contributed by atoms with van der Waals surface area (Å²) in [6, 6.07) is 26.6. The molecule has 0 aliphatic carbocycles. The summed E-state index contributed by atoms with van der Waals surface area (Å²) in [5.41, 5.74) is 4.95. The molecule has 5 rings (SSSR count). The number of hydrogen-bond acceptors (Lipinski definition) is 3. The Bertz CT molecular complexity index is 1400. The van der Waals surface area contributed by atoms with Gasteiger partial charge >= 0.3 is 0 Å². The van der Waals surface area contributed by atoms with Crippen LogP contribution in [-0.2, 0) is 21.9 Å². The van der Waals surface area contributed by atoms with Crippen molar-refractivity contribution in [3.05, 3.63) is 96.2 Å². The maximum atomic E-state index is 12.4. The minimum atomic E-state index is -3.33. The van der Waals surface area contributed by atoms with Gasteiger partial charge in [-0.1, -0.05) is 79.7 Å². The lowest BCUT2D eigenvalue weighted by atomic mass is 9.71. The lowest BCUT2D eigenvalue weighted by Gasteiger charge is -2.41. The van der Waals surface area contributed by atoms with Crippen LogP contribution in [0.25, 0.3) is 22.0 Å². The quantitative estimate of drug-likeness (QED) is 0.415. The Kier molecular flexibility index (Phi) is 5.01. The van der Waals surface area contributed by atoms with E-state index in [-0.39, 0.29) is 5.41 Å². The van der Waals surface area contributed by atoms with Crippen molar-refractivity contribution in [2.24, 2.45) is 0 Å². The zero-order valence-electron chi connectivity index (χ0n) is 18.3. The second kappa shape index (κ2) is 7.75. The fourth-order valence-electron chi connectivity index (χ4n) is 4.97. The van der Waals surface area contributed by atoms with Crippen LogP contribution >= 0.6 is 0 Å². The molecule has 0 saturated carbocycles. The van der Waals surface area contributed by atoms with Gasteiger partial charge < -0.3 is 0 Å². The van der Waals surface area contributed by atoms with E-state index in [0.717, 1.165) is 40.7 Å². The third kappa shape index (κ3) is 3.56. The Balaban J connectivity index is 1.69.